The van der Waals surface area contributed by atoms with Gasteiger partial charge in [0.25, 0.3) is 0 Å². The zero-order valence-electron chi connectivity index (χ0n) is 10.8. The molecule has 0 atom stereocenters. The summed E-state index contributed by atoms with van der Waals surface area (Å²) in [5.74, 6) is -0.244. The Bertz CT molecular complexity index is 619. The maximum Gasteiger partial charge on any atom is 0.234 e. The predicted octanol–water partition coefficient (Wildman–Crippen LogP) is 4.63. The van der Waals surface area contributed by atoms with E-state index in [1.807, 2.05) is 37.3 Å². The van der Waals surface area contributed by atoms with Crippen LogP contribution in [0.5, 0.6) is 0 Å². The Balaban J connectivity index is 1.97. The van der Waals surface area contributed by atoms with Crippen LogP contribution in [0.4, 0.5) is 10.1 Å². The van der Waals surface area contributed by atoms with Gasteiger partial charge >= 0.3 is 0 Å². The molecule has 0 aliphatic carbocycles. The lowest BCUT2D eigenvalue weighted by Crippen LogP contribution is -2.15. The number of hydrogen-bond donors (Lipinski definition) is 1. The molecular formula is C15H13BrFNOS. The lowest BCUT2D eigenvalue weighted by molar-refractivity contribution is -0.113. The van der Waals surface area contributed by atoms with Crippen molar-refractivity contribution in [2.45, 2.75) is 11.8 Å². The van der Waals surface area contributed by atoms with Gasteiger partial charge in [-0.15, -0.1) is 11.8 Å². The first-order valence-electron chi connectivity index (χ1n) is 5.99. The number of carbonyl (C=O) groups excluding carboxylic acids is 1. The highest BCUT2D eigenvalue weighted by Crippen LogP contribution is 2.24. The van der Waals surface area contributed by atoms with Gasteiger partial charge in [-0.1, -0.05) is 18.2 Å². The Hall–Kier alpha value is -1.33. The number of halogens is 2. The zero-order valence-corrected chi connectivity index (χ0v) is 13.2. The number of nitrogens with one attached hydrogen (secondary N) is 1. The number of benzene rings is 2. The number of amides is 1. The average molecular weight is 354 g/mol. The minimum atomic E-state index is -0.387. The van der Waals surface area contributed by atoms with Crippen LogP contribution in [0.3, 0.4) is 0 Å². The Kier molecular flexibility index (Phi) is 5.20. The van der Waals surface area contributed by atoms with Crippen LogP contribution < -0.4 is 5.32 Å². The van der Waals surface area contributed by atoms with Gasteiger partial charge in [0.2, 0.25) is 5.91 Å². The molecule has 0 spiro atoms. The summed E-state index contributed by atoms with van der Waals surface area (Å²) in [4.78, 5) is 12.9. The summed E-state index contributed by atoms with van der Waals surface area (Å²) in [5.41, 5.74) is 1.32. The van der Waals surface area contributed by atoms with Crippen LogP contribution in [0.1, 0.15) is 5.56 Å². The van der Waals surface area contributed by atoms with E-state index in [9.17, 15) is 9.18 Å². The zero-order chi connectivity index (χ0) is 14.5. The Labute approximate surface area is 129 Å². The van der Waals surface area contributed by atoms with Crippen LogP contribution in [0.2, 0.25) is 0 Å². The fourth-order valence-corrected chi connectivity index (χ4v) is 2.81. The maximum atomic E-state index is 13.5. The van der Waals surface area contributed by atoms with Crippen LogP contribution in [-0.2, 0) is 4.79 Å². The third-order valence-electron chi connectivity index (χ3n) is 2.65. The molecule has 0 saturated carbocycles. The summed E-state index contributed by atoms with van der Waals surface area (Å²) >= 11 is 4.56. The van der Waals surface area contributed by atoms with E-state index in [0.717, 1.165) is 10.5 Å². The van der Waals surface area contributed by atoms with Crippen molar-refractivity contribution < 1.29 is 9.18 Å². The van der Waals surface area contributed by atoms with Crippen molar-refractivity contribution in [1.29, 1.82) is 0 Å². The standard InChI is InChI=1S/C15H13BrFNOS/c1-10-7-12(16)13(17)8-14(10)18-15(19)9-20-11-5-3-2-4-6-11/h2-8H,9H2,1H3,(H,18,19). The van der Waals surface area contributed by atoms with Crippen molar-refractivity contribution in [2.24, 2.45) is 0 Å². The highest BCUT2D eigenvalue weighted by molar-refractivity contribution is 9.10. The summed E-state index contributed by atoms with van der Waals surface area (Å²) in [6.07, 6.45) is 0. The number of carbonyl (C=O) groups is 1. The molecule has 5 heteroatoms. The molecule has 2 rings (SSSR count). The molecule has 104 valence electrons. The molecule has 0 saturated heterocycles. The second-order valence-electron chi connectivity index (χ2n) is 4.23. The third-order valence-corrected chi connectivity index (χ3v) is 4.27. The molecule has 0 bridgehead atoms. The molecule has 1 amide bonds. The molecule has 0 fully saturated rings. The van der Waals surface area contributed by atoms with E-state index in [2.05, 4.69) is 21.2 Å². The Morgan fingerprint density at radius 3 is 2.70 bits per heavy atom. The van der Waals surface area contributed by atoms with Crippen LogP contribution in [0.15, 0.2) is 51.8 Å². The van der Waals surface area contributed by atoms with E-state index in [1.54, 1.807) is 6.07 Å². The molecule has 2 aromatic carbocycles. The van der Waals surface area contributed by atoms with E-state index < -0.39 is 0 Å². The number of hydrogen-bond acceptors (Lipinski definition) is 2. The maximum absolute atomic E-state index is 13.5. The van der Waals surface area contributed by atoms with Gasteiger partial charge in [0.1, 0.15) is 5.82 Å². The van der Waals surface area contributed by atoms with Crippen molar-refractivity contribution in [2.75, 3.05) is 11.1 Å². The molecule has 0 aromatic heterocycles. The Morgan fingerprint density at radius 2 is 2.00 bits per heavy atom. The molecule has 0 aliphatic rings. The van der Waals surface area contributed by atoms with E-state index in [1.165, 1.54) is 17.8 Å². The topological polar surface area (TPSA) is 29.1 Å². The highest BCUT2D eigenvalue weighted by atomic mass is 79.9. The van der Waals surface area contributed by atoms with Crippen molar-refractivity contribution in [1.82, 2.24) is 0 Å². The number of rotatable bonds is 4. The Morgan fingerprint density at radius 1 is 1.30 bits per heavy atom. The molecule has 20 heavy (non-hydrogen) atoms. The minimum absolute atomic E-state index is 0.149. The second-order valence-corrected chi connectivity index (χ2v) is 6.13. The fraction of sp³-hybridized carbons (Fsp3) is 0.133. The molecule has 0 heterocycles. The first-order valence-corrected chi connectivity index (χ1v) is 7.77. The van der Waals surface area contributed by atoms with Gasteiger partial charge in [-0.3, -0.25) is 4.79 Å². The highest BCUT2D eigenvalue weighted by Gasteiger charge is 2.09. The first-order chi connectivity index (χ1) is 9.56. The van der Waals surface area contributed by atoms with Crippen molar-refractivity contribution in [3.05, 3.63) is 58.3 Å². The van der Waals surface area contributed by atoms with Crippen molar-refractivity contribution in [3.8, 4) is 0 Å². The summed E-state index contributed by atoms with van der Waals surface area (Å²) in [6.45, 7) is 1.82. The number of anilines is 1. The normalized spacial score (nSPS) is 10.3. The average Bonchev–Trinajstić information content (AvgIpc) is 2.44. The van der Waals surface area contributed by atoms with Crippen LogP contribution in [0.25, 0.3) is 0 Å². The molecule has 0 aliphatic heterocycles. The van der Waals surface area contributed by atoms with Crippen LogP contribution in [0, 0.1) is 12.7 Å². The minimum Gasteiger partial charge on any atom is -0.325 e. The molecule has 2 aromatic rings. The molecule has 0 unspecified atom stereocenters. The van der Waals surface area contributed by atoms with E-state index in [-0.39, 0.29) is 11.7 Å². The quantitative estimate of drug-likeness (QED) is 0.812. The van der Waals surface area contributed by atoms with E-state index in [4.69, 9.17) is 0 Å². The molecule has 0 radical (unpaired) electrons. The van der Waals surface area contributed by atoms with Gasteiger partial charge in [0, 0.05) is 10.6 Å². The predicted molar refractivity (Wildman–Crippen MR) is 84.6 cm³/mol. The molecular weight excluding hydrogens is 341 g/mol. The van der Waals surface area contributed by atoms with E-state index in [0.29, 0.717) is 15.9 Å². The summed E-state index contributed by atoms with van der Waals surface area (Å²) in [5, 5.41) is 2.73. The summed E-state index contributed by atoms with van der Waals surface area (Å²) in [6, 6.07) is 12.6. The van der Waals surface area contributed by atoms with Gasteiger partial charge in [-0.25, -0.2) is 4.39 Å². The lowest BCUT2D eigenvalue weighted by Gasteiger charge is -2.09. The molecule has 1 N–H and O–H groups in total. The monoisotopic (exact) mass is 353 g/mol. The van der Waals surface area contributed by atoms with Gasteiger partial charge < -0.3 is 5.32 Å². The summed E-state index contributed by atoms with van der Waals surface area (Å²) in [7, 11) is 0. The first kappa shape index (κ1) is 15.1. The van der Waals surface area contributed by atoms with Crippen molar-refractivity contribution in [3.63, 3.8) is 0 Å². The largest absolute Gasteiger partial charge is 0.325 e. The van der Waals surface area contributed by atoms with Crippen molar-refractivity contribution >= 4 is 39.3 Å². The second kappa shape index (κ2) is 6.90. The number of aryl methyl sites for hydroxylation is 1. The smallest absolute Gasteiger partial charge is 0.234 e. The van der Waals surface area contributed by atoms with Gasteiger partial charge in [0.15, 0.2) is 0 Å². The van der Waals surface area contributed by atoms with Gasteiger partial charge in [-0.2, -0.15) is 0 Å². The number of thioether (sulfide) groups is 1. The lowest BCUT2D eigenvalue weighted by atomic mass is 10.2. The molecule has 2 nitrogen and oxygen atoms in total. The van der Waals surface area contributed by atoms with Gasteiger partial charge in [-0.05, 0) is 52.7 Å². The van der Waals surface area contributed by atoms with Gasteiger partial charge in [0.05, 0.1) is 10.2 Å². The third kappa shape index (κ3) is 4.08. The fourth-order valence-electron chi connectivity index (χ4n) is 1.63. The van der Waals surface area contributed by atoms with E-state index >= 15 is 0 Å². The van der Waals surface area contributed by atoms with Crippen LogP contribution in [-0.4, -0.2) is 11.7 Å². The summed E-state index contributed by atoms with van der Waals surface area (Å²) < 4.78 is 13.9. The SMILES string of the molecule is Cc1cc(Br)c(F)cc1NC(=O)CSc1ccccc1. The van der Waals surface area contributed by atoms with Crippen LogP contribution >= 0.6 is 27.7 Å².